The van der Waals surface area contributed by atoms with Crippen LogP contribution < -0.4 is 10.6 Å². The number of carbonyl (C=O) groups is 2. The molecule has 0 bridgehead atoms. The lowest BCUT2D eigenvalue weighted by Gasteiger charge is -1.94. The van der Waals surface area contributed by atoms with Gasteiger partial charge in [0, 0.05) is 5.29 Å². The first kappa shape index (κ1) is 9.22. The summed E-state index contributed by atoms with van der Waals surface area (Å²) in [5.41, 5.74) is 0. The van der Waals surface area contributed by atoms with E-state index in [0.29, 0.717) is 0 Å². The largest absolute Gasteiger partial charge is 0.292 e. The maximum absolute atomic E-state index is 11.2. The fraction of sp³-hybridized carbons (Fsp3) is 0.100. The summed E-state index contributed by atoms with van der Waals surface area (Å²) in [6.45, 7) is 0. The van der Waals surface area contributed by atoms with E-state index in [-0.39, 0.29) is 26.4 Å². The molecule has 2 amide bonds. The Balaban J connectivity index is 2.28. The van der Waals surface area contributed by atoms with Gasteiger partial charge in [0.1, 0.15) is 0 Å². The number of nitrogens with one attached hydrogen (secondary N) is 1. The minimum Gasteiger partial charge on any atom is -0.292 e. The zero-order chi connectivity index (χ0) is 9.97. The molecule has 1 saturated heterocycles. The van der Waals surface area contributed by atoms with Crippen LogP contribution in [0.1, 0.15) is 6.42 Å². The van der Waals surface area contributed by atoms with Gasteiger partial charge in [-0.15, -0.1) is 0 Å². The second kappa shape index (κ2) is 3.81. The monoisotopic (exact) mass is 207 g/mol. The van der Waals surface area contributed by atoms with Crippen molar-refractivity contribution in [3.8, 4) is 0 Å². The Morgan fingerprint density at radius 2 is 1.86 bits per heavy atom. The third-order valence-electron chi connectivity index (χ3n) is 2.04. The lowest BCUT2D eigenvalue weighted by atomic mass is 10.4. The van der Waals surface area contributed by atoms with Gasteiger partial charge in [-0.2, -0.15) is 0 Å². The molecule has 0 aromatic heterocycles. The van der Waals surface area contributed by atoms with Crippen molar-refractivity contribution in [3.05, 3.63) is 30.3 Å². The predicted molar refractivity (Wildman–Crippen MR) is 58.6 cm³/mol. The number of amides is 2. The van der Waals surface area contributed by atoms with Crippen molar-refractivity contribution in [2.45, 2.75) is 6.42 Å². The third kappa shape index (κ3) is 1.94. The maximum Gasteiger partial charge on any atom is 0.254 e. The molecular weight excluding hydrogens is 197 g/mol. The van der Waals surface area contributed by atoms with Gasteiger partial charge < -0.3 is 0 Å². The lowest BCUT2D eigenvalue weighted by molar-refractivity contribution is -0.123. The molecule has 3 nitrogen and oxygen atoms in total. The molecule has 1 atom stereocenters. The first-order valence-corrected chi connectivity index (χ1v) is 5.51. The Bertz CT molecular complexity index is 411. The molecule has 1 aliphatic rings. The molecule has 2 rings (SSSR count). The second-order valence-corrected chi connectivity index (χ2v) is 4.79. The van der Waals surface area contributed by atoms with Crippen molar-refractivity contribution in [2.75, 3.05) is 0 Å². The van der Waals surface area contributed by atoms with Gasteiger partial charge in [0.15, 0.2) is 0 Å². The van der Waals surface area contributed by atoms with E-state index in [1.54, 1.807) is 0 Å². The van der Waals surface area contributed by atoms with Crippen molar-refractivity contribution in [2.24, 2.45) is 0 Å². The van der Waals surface area contributed by atoms with E-state index in [2.05, 4.69) is 5.32 Å². The molecule has 0 spiro atoms. The van der Waals surface area contributed by atoms with Crippen LogP contribution in [0.4, 0.5) is 0 Å². The van der Waals surface area contributed by atoms with Crippen LogP contribution in [0.15, 0.2) is 30.3 Å². The summed E-state index contributed by atoms with van der Waals surface area (Å²) in [5, 5.41) is 4.18. The highest BCUT2D eigenvalue weighted by atomic mass is 31.1. The average molecular weight is 207 g/mol. The molecule has 1 unspecified atom stereocenters. The topological polar surface area (TPSA) is 46.2 Å². The SMILES string of the molecule is O=C1C/C(=[PH2]/c2ccccc2)C(=O)N1. The summed E-state index contributed by atoms with van der Waals surface area (Å²) < 4.78 is 0. The summed E-state index contributed by atoms with van der Waals surface area (Å²) in [5.74, 6) is -0.359. The molecule has 14 heavy (non-hydrogen) atoms. The average Bonchev–Trinajstić information content (AvgIpc) is 2.47. The zero-order valence-corrected chi connectivity index (χ0v) is 8.64. The summed E-state index contributed by atoms with van der Waals surface area (Å²) in [4.78, 5) is 22.2. The Morgan fingerprint density at radius 1 is 1.14 bits per heavy atom. The van der Waals surface area contributed by atoms with Crippen LogP contribution in [0.3, 0.4) is 0 Å². The molecule has 1 aromatic rings. The minimum atomic E-state index is -0.211. The van der Waals surface area contributed by atoms with E-state index in [0.717, 1.165) is 10.6 Å². The predicted octanol–water partition coefficient (Wildman–Crippen LogP) is -0.0584. The minimum absolute atomic E-state index is 0.173. The van der Waals surface area contributed by atoms with Gasteiger partial charge in [-0.3, -0.25) is 14.9 Å². The first-order chi connectivity index (χ1) is 6.75. The molecule has 0 aliphatic carbocycles. The fourth-order valence-corrected chi connectivity index (χ4v) is 2.68. The lowest BCUT2D eigenvalue weighted by Crippen LogP contribution is -2.21. The van der Waals surface area contributed by atoms with E-state index in [1.165, 1.54) is 0 Å². The van der Waals surface area contributed by atoms with E-state index >= 15 is 0 Å². The molecule has 0 radical (unpaired) electrons. The van der Waals surface area contributed by atoms with Gasteiger partial charge >= 0.3 is 0 Å². The molecule has 1 fully saturated rings. The molecule has 1 heterocycles. The van der Waals surface area contributed by atoms with Crippen molar-refractivity contribution in [1.82, 2.24) is 5.32 Å². The summed E-state index contributed by atoms with van der Waals surface area (Å²) in [7, 11) is -0.211. The van der Waals surface area contributed by atoms with Gasteiger partial charge in [0.05, 0.1) is 6.42 Å². The second-order valence-electron chi connectivity index (χ2n) is 3.13. The highest BCUT2D eigenvalue weighted by Gasteiger charge is 2.22. The van der Waals surface area contributed by atoms with Crippen molar-refractivity contribution in [3.63, 3.8) is 0 Å². The van der Waals surface area contributed by atoms with Crippen molar-refractivity contribution >= 4 is 30.6 Å². The normalized spacial score (nSPS) is 19.3. The van der Waals surface area contributed by atoms with E-state index in [9.17, 15) is 9.59 Å². The van der Waals surface area contributed by atoms with Crippen LogP contribution >= 0.6 is 8.20 Å². The molecular formula is C10H10NO2P. The Hall–Kier alpha value is -1.34. The molecule has 1 aromatic carbocycles. The molecule has 0 saturated carbocycles. The Kier molecular flexibility index (Phi) is 2.51. The van der Waals surface area contributed by atoms with Crippen LogP contribution in [-0.2, 0) is 9.59 Å². The van der Waals surface area contributed by atoms with Gasteiger partial charge in [0.25, 0.3) is 5.91 Å². The van der Waals surface area contributed by atoms with Gasteiger partial charge in [-0.05, 0) is 5.30 Å². The fourth-order valence-electron chi connectivity index (χ4n) is 1.37. The molecule has 4 heteroatoms. The van der Waals surface area contributed by atoms with E-state index in [1.807, 2.05) is 30.3 Å². The van der Waals surface area contributed by atoms with Crippen LogP contribution in [0.5, 0.6) is 0 Å². The first-order valence-electron chi connectivity index (χ1n) is 4.35. The van der Waals surface area contributed by atoms with Crippen LogP contribution in [0.25, 0.3) is 0 Å². The molecule has 1 aliphatic heterocycles. The van der Waals surface area contributed by atoms with Crippen LogP contribution in [0, 0.1) is 0 Å². The standard InChI is InChI=1S/C10H10NO2P/c12-9-6-8(10(13)11-9)14-7-4-2-1-3-5-7/h1-5H,6,14H2,(H,11,12,13). The number of carbonyl (C=O) groups excluding carboxylic acids is 2. The summed E-state index contributed by atoms with van der Waals surface area (Å²) in [6, 6.07) is 9.79. The van der Waals surface area contributed by atoms with Gasteiger partial charge in [0.2, 0.25) is 5.91 Å². The van der Waals surface area contributed by atoms with Gasteiger partial charge in [-0.25, -0.2) is 0 Å². The van der Waals surface area contributed by atoms with Crippen molar-refractivity contribution in [1.29, 1.82) is 0 Å². The van der Waals surface area contributed by atoms with Crippen LogP contribution in [0.2, 0.25) is 0 Å². The highest BCUT2D eigenvalue weighted by molar-refractivity contribution is 7.51. The van der Waals surface area contributed by atoms with Crippen molar-refractivity contribution < 1.29 is 9.59 Å². The number of benzene rings is 1. The Labute approximate surface area is 82.9 Å². The van der Waals surface area contributed by atoms with Crippen LogP contribution in [-0.4, -0.2) is 17.1 Å². The summed E-state index contributed by atoms with van der Waals surface area (Å²) >= 11 is 0. The quantitative estimate of drug-likeness (QED) is 0.518. The zero-order valence-electron chi connectivity index (χ0n) is 7.49. The Morgan fingerprint density at radius 3 is 2.43 bits per heavy atom. The molecule has 72 valence electrons. The highest BCUT2D eigenvalue weighted by Crippen LogP contribution is 2.08. The summed E-state index contributed by atoms with van der Waals surface area (Å²) in [6.07, 6.45) is 0.281. The van der Waals surface area contributed by atoms with Gasteiger partial charge in [-0.1, -0.05) is 38.5 Å². The number of rotatable bonds is 1. The number of imide groups is 1. The van der Waals surface area contributed by atoms with E-state index in [4.69, 9.17) is 0 Å². The smallest absolute Gasteiger partial charge is 0.254 e. The van der Waals surface area contributed by atoms with E-state index < -0.39 is 0 Å². The number of hydrogen-bond acceptors (Lipinski definition) is 2. The number of hydrogen-bond donors (Lipinski definition) is 1. The third-order valence-corrected chi connectivity index (χ3v) is 3.57. The molecule has 1 N–H and O–H groups in total. The maximum atomic E-state index is 11.2.